The van der Waals surface area contributed by atoms with E-state index in [4.69, 9.17) is 31.3 Å². The topological polar surface area (TPSA) is 167 Å². The number of phenols is 2. The molecule has 8 N–H and O–H groups in total. The van der Waals surface area contributed by atoms with Crippen LogP contribution in [0.5, 0.6) is 11.5 Å². The fourth-order valence-corrected chi connectivity index (χ4v) is 2.07. The second kappa shape index (κ2) is 10.7. The second-order valence-corrected chi connectivity index (χ2v) is 5.25. The zero-order valence-corrected chi connectivity index (χ0v) is 14.6. The van der Waals surface area contributed by atoms with Crippen molar-refractivity contribution in [3.8, 4) is 11.5 Å². The lowest BCUT2D eigenvalue weighted by Gasteiger charge is -2.30. The number of carboxylic acids is 2. The lowest BCUT2D eigenvalue weighted by molar-refractivity contribution is -0.135. The molecule has 0 atom stereocenters. The number of aromatic hydroxyl groups is 2. The van der Waals surface area contributed by atoms with Gasteiger partial charge in [-0.25, -0.2) is 0 Å². The summed E-state index contributed by atoms with van der Waals surface area (Å²) in [6.45, 7) is 2.24. The first-order chi connectivity index (χ1) is 12.1. The molecule has 142 valence electrons. The number of phenolic OH excluding ortho intramolecular Hbond substituents is 2. The zero-order valence-electron chi connectivity index (χ0n) is 14.6. The second-order valence-electron chi connectivity index (χ2n) is 5.25. The number of hydrogen-bond donors (Lipinski definition) is 6. The van der Waals surface area contributed by atoms with Crippen LogP contribution in [0.1, 0.15) is 25.0 Å². The van der Waals surface area contributed by atoms with E-state index in [-0.39, 0.29) is 18.0 Å². The van der Waals surface area contributed by atoms with E-state index in [1.54, 1.807) is 48.5 Å². The van der Waals surface area contributed by atoms with Crippen molar-refractivity contribution in [1.82, 2.24) is 0 Å². The number of aliphatic carboxylic acids is 2. The number of nitrogens with two attached hydrogens (primary N) is 2. The SMILES string of the molecule is CC(=O)O.CC(=O)O.NCC(N)(c1ccccc1O)c1ccccc1O. The van der Waals surface area contributed by atoms with Crippen LogP contribution in [-0.4, -0.2) is 38.9 Å². The summed E-state index contributed by atoms with van der Waals surface area (Å²) in [6, 6.07) is 13.5. The lowest BCUT2D eigenvalue weighted by Crippen LogP contribution is -2.45. The molecule has 0 radical (unpaired) electrons. The van der Waals surface area contributed by atoms with E-state index in [9.17, 15) is 10.2 Å². The fourth-order valence-electron chi connectivity index (χ4n) is 2.07. The van der Waals surface area contributed by atoms with Gasteiger partial charge in [0.1, 0.15) is 11.5 Å². The van der Waals surface area contributed by atoms with Gasteiger partial charge >= 0.3 is 0 Å². The maximum absolute atomic E-state index is 9.91. The van der Waals surface area contributed by atoms with E-state index >= 15 is 0 Å². The third-order valence-electron chi connectivity index (χ3n) is 3.09. The van der Waals surface area contributed by atoms with Crippen LogP contribution in [0, 0.1) is 0 Å². The molecule has 8 nitrogen and oxygen atoms in total. The molecule has 2 aromatic rings. The summed E-state index contributed by atoms with van der Waals surface area (Å²) in [5.41, 5.74) is 11.9. The van der Waals surface area contributed by atoms with Crippen molar-refractivity contribution in [2.45, 2.75) is 19.4 Å². The number of benzene rings is 2. The Balaban J connectivity index is 0.000000662. The Kier molecular flexibility index (Phi) is 9.42. The van der Waals surface area contributed by atoms with Crippen molar-refractivity contribution in [3.05, 3.63) is 59.7 Å². The normalized spacial score (nSPS) is 9.85. The van der Waals surface area contributed by atoms with Crippen LogP contribution in [0.2, 0.25) is 0 Å². The number of carbonyl (C=O) groups is 2. The largest absolute Gasteiger partial charge is 0.508 e. The summed E-state index contributed by atoms with van der Waals surface area (Å²) in [4.78, 5) is 18.0. The molecule has 0 aliphatic rings. The highest BCUT2D eigenvalue weighted by atomic mass is 16.4. The van der Waals surface area contributed by atoms with E-state index in [2.05, 4.69) is 0 Å². The molecule has 2 aromatic carbocycles. The minimum atomic E-state index is -1.11. The Morgan fingerprint density at radius 1 is 0.846 bits per heavy atom. The summed E-state index contributed by atoms with van der Waals surface area (Å²) in [6.07, 6.45) is 0. The van der Waals surface area contributed by atoms with Gasteiger partial charge in [0, 0.05) is 31.5 Å². The molecular weight excluding hydrogens is 340 g/mol. The summed E-state index contributed by atoms with van der Waals surface area (Å²) in [7, 11) is 0. The molecule has 0 fully saturated rings. The highest BCUT2D eigenvalue weighted by molar-refractivity contribution is 5.63. The molecule has 0 aromatic heterocycles. The number of rotatable bonds is 3. The molecule has 0 amide bonds. The van der Waals surface area contributed by atoms with E-state index in [1.807, 2.05) is 0 Å². The van der Waals surface area contributed by atoms with Crippen LogP contribution in [-0.2, 0) is 15.1 Å². The first-order valence-electron chi connectivity index (χ1n) is 7.51. The highest BCUT2D eigenvalue weighted by Crippen LogP contribution is 2.36. The molecule has 0 unspecified atom stereocenters. The van der Waals surface area contributed by atoms with Crippen molar-refractivity contribution in [2.24, 2.45) is 11.5 Å². The van der Waals surface area contributed by atoms with Gasteiger partial charge in [-0.15, -0.1) is 0 Å². The van der Waals surface area contributed by atoms with Crippen LogP contribution >= 0.6 is 0 Å². The van der Waals surface area contributed by atoms with E-state index in [0.29, 0.717) is 11.1 Å². The van der Waals surface area contributed by atoms with E-state index in [1.165, 1.54) is 0 Å². The van der Waals surface area contributed by atoms with Crippen molar-refractivity contribution in [2.75, 3.05) is 6.54 Å². The Hall–Kier alpha value is -3.10. The van der Waals surface area contributed by atoms with Crippen molar-refractivity contribution < 1.29 is 30.0 Å². The van der Waals surface area contributed by atoms with Crippen LogP contribution < -0.4 is 11.5 Å². The van der Waals surface area contributed by atoms with Crippen molar-refractivity contribution in [1.29, 1.82) is 0 Å². The molecule has 0 aliphatic heterocycles. The molecule has 0 spiro atoms. The summed E-state index contributed by atoms with van der Waals surface area (Å²) in [5, 5.41) is 34.7. The van der Waals surface area contributed by atoms with Gasteiger partial charge in [0.25, 0.3) is 11.9 Å². The fraction of sp³-hybridized carbons (Fsp3) is 0.222. The highest BCUT2D eigenvalue weighted by Gasteiger charge is 2.32. The Labute approximate surface area is 151 Å². The molecular formula is C18H24N2O6. The molecule has 0 saturated carbocycles. The molecule has 2 rings (SSSR count). The molecule has 0 bridgehead atoms. The molecule has 0 aliphatic carbocycles. The van der Waals surface area contributed by atoms with Crippen molar-refractivity contribution >= 4 is 11.9 Å². The first-order valence-corrected chi connectivity index (χ1v) is 7.51. The Morgan fingerprint density at radius 3 is 1.35 bits per heavy atom. The van der Waals surface area contributed by atoms with Gasteiger partial charge in [-0.1, -0.05) is 36.4 Å². The third-order valence-corrected chi connectivity index (χ3v) is 3.09. The van der Waals surface area contributed by atoms with E-state index in [0.717, 1.165) is 13.8 Å². The minimum Gasteiger partial charge on any atom is -0.508 e. The number of hydrogen-bond acceptors (Lipinski definition) is 6. The molecule has 0 saturated heterocycles. The predicted octanol–water partition coefficient (Wildman–Crippen LogP) is 1.44. The summed E-state index contributed by atoms with van der Waals surface area (Å²) in [5.74, 6) is -1.54. The van der Waals surface area contributed by atoms with Gasteiger partial charge in [0.15, 0.2) is 0 Å². The van der Waals surface area contributed by atoms with Crippen LogP contribution in [0.4, 0.5) is 0 Å². The van der Waals surface area contributed by atoms with Gasteiger partial charge < -0.3 is 31.9 Å². The van der Waals surface area contributed by atoms with Crippen molar-refractivity contribution in [3.63, 3.8) is 0 Å². The molecule has 0 heterocycles. The Bertz CT molecular complexity index is 668. The summed E-state index contributed by atoms with van der Waals surface area (Å²) < 4.78 is 0. The van der Waals surface area contributed by atoms with Crippen LogP contribution in [0.25, 0.3) is 0 Å². The van der Waals surface area contributed by atoms with Crippen LogP contribution in [0.3, 0.4) is 0 Å². The van der Waals surface area contributed by atoms with Crippen LogP contribution in [0.15, 0.2) is 48.5 Å². The molecule has 8 heteroatoms. The smallest absolute Gasteiger partial charge is 0.300 e. The quantitative estimate of drug-likeness (QED) is 0.475. The summed E-state index contributed by atoms with van der Waals surface area (Å²) >= 11 is 0. The standard InChI is InChI=1S/C14H16N2O2.2C2H4O2/c15-9-14(16,10-5-1-3-7-12(10)17)11-6-2-4-8-13(11)18;2*1-2(3)4/h1-8,17-18H,9,15-16H2;2*1H3,(H,3,4). The van der Waals surface area contributed by atoms with Gasteiger partial charge in [-0.2, -0.15) is 0 Å². The monoisotopic (exact) mass is 364 g/mol. The number of para-hydroxylation sites is 2. The zero-order chi connectivity index (χ0) is 20.3. The number of carboxylic acid groups (broad SMARTS) is 2. The first kappa shape index (κ1) is 22.9. The van der Waals surface area contributed by atoms with Gasteiger partial charge in [-0.05, 0) is 12.1 Å². The third kappa shape index (κ3) is 7.20. The lowest BCUT2D eigenvalue weighted by atomic mass is 9.83. The molecule has 26 heavy (non-hydrogen) atoms. The van der Waals surface area contributed by atoms with Gasteiger partial charge in [0.2, 0.25) is 0 Å². The van der Waals surface area contributed by atoms with Gasteiger partial charge in [-0.3, -0.25) is 9.59 Å². The van der Waals surface area contributed by atoms with Gasteiger partial charge in [0.05, 0.1) is 5.54 Å². The maximum atomic E-state index is 9.91. The van der Waals surface area contributed by atoms with E-state index < -0.39 is 17.5 Å². The average Bonchev–Trinajstić information content (AvgIpc) is 2.54. The minimum absolute atomic E-state index is 0.0636. The Morgan fingerprint density at radius 2 is 1.12 bits per heavy atom. The average molecular weight is 364 g/mol. The predicted molar refractivity (Wildman–Crippen MR) is 96.9 cm³/mol. The maximum Gasteiger partial charge on any atom is 0.300 e.